The molecule has 0 radical (unpaired) electrons. The molecule has 2 aromatic heterocycles. The summed E-state index contributed by atoms with van der Waals surface area (Å²) >= 11 is 0. The Morgan fingerprint density at radius 3 is 2.89 bits per heavy atom. The minimum atomic E-state index is -0.648. The van der Waals surface area contributed by atoms with E-state index in [9.17, 15) is 9.59 Å². The van der Waals surface area contributed by atoms with Gasteiger partial charge in [0, 0.05) is 19.7 Å². The topological polar surface area (TPSA) is 97.9 Å². The van der Waals surface area contributed by atoms with Gasteiger partial charge in [-0.1, -0.05) is 30.3 Å². The van der Waals surface area contributed by atoms with E-state index in [4.69, 9.17) is 0 Å². The Hall–Kier alpha value is -3.49. The van der Waals surface area contributed by atoms with E-state index in [1.807, 2.05) is 30.3 Å². The molecule has 0 saturated heterocycles. The molecule has 138 valence electrons. The van der Waals surface area contributed by atoms with Crippen molar-refractivity contribution in [3.63, 3.8) is 0 Å². The predicted molar refractivity (Wildman–Crippen MR) is 97.1 cm³/mol. The van der Waals surface area contributed by atoms with Gasteiger partial charge in [-0.25, -0.2) is 14.3 Å². The smallest absolute Gasteiger partial charge is 0.291 e. The number of hydrogen-bond donors (Lipinski definition) is 1. The molecule has 3 heterocycles. The zero-order valence-electron chi connectivity index (χ0n) is 14.8. The van der Waals surface area contributed by atoms with Crippen molar-refractivity contribution in [3.05, 3.63) is 60.3 Å². The number of hydrogen-bond acceptors (Lipinski definition) is 5. The summed E-state index contributed by atoms with van der Waals surface area (Å²) in [4.78, 5) is 30.7. The van der Waals surface area contributed by atoms with Gasteiger partial charge in [0.05, 0.1) is 12.7 Å². The van der Waals surface area contributed by atoms with Crippen LogP contribution >= 0.6 is 0 Å². The maximum absolute atomic E-state index is 12.6. The largest absolute Gasteiger partial charge is 0.337 e. The molecule has 1 aliphatic rings. The van der Waals surface area contributed by atoms with E-state index in [-0.39, 0.29) is 11.7 Å². The molecule has 0 spiro atoms. The summed E-state index contributed by atoms with van der Waals surface area (Å²) in [5.74, 6) is 0.102. The molecule has 2 amide bonds. The minimum Gasteiger partial charge on any atom is -0.337 e. The Balaban J connectivity index is 1.43. The molecule has 3 aromatic rings. The number of nitrogens with one attached hydrogen (secondary N) is 1. The molecule has 9 nitrogen and oxygen atoms in total. The Morgan fingerprint density at radius 2 is 2.07 bits per heavy atom. The first-order chi connectivity index (χ1) is 13.1. The lowest BCUT2D eigenvalue weighted by Crippen LogP contribution is -2.47. The number of carbonyl (C=O) groups is 2. The van der Waals surface area contributed by atoms with E-state index in [0.717, 1.165) is 5.56 Å². The molecule has 1 unspecified atom stereocenters. The van der Waals surface area contributed by atoms with Crippen molar-refractivity contribution in [2.75, 3.05) is 11.9 Å². The first-order valence-corrected chi connectivity index (χ1v) is 8.65. The van der Waals surface area contributed by atoms with Gasteiger partial charge in [0.1, 0.15) is 18.2 Å². The highest BCUT2D eigenvalue weighted by atomic mass is 16.2. The molecule has 1 atom stereocenters. The lowest BCUT2D eigenvalue weighted by atomic mass is 10.2. The van der Waals surface area contributed by atoms with Crippen LogP contribution in [0.4, 0.5) is 5.82 Å². The van der Waals surface area contributed by atoms with Crippen LogP contribution in [0.15, 0.2) is 48.9 Å². The van der Waals surface area contributed by atoms with Gasteiger partial charge in [0.15, 0.2) is 0 Å². The normalized spacial score (nSPS) is 16.7. The Labute approximate surface area is 155 Å². The van der Waals surface area contributed by atoms with Gasteiger partial charge < -0.3 is 5.32 Å². The molecular formula is C18H19N7O2. The number of aromatic nitrogens is 5. The second-order valence-corrected chi connectivity index (χ2v) is 6.38. The number of fused-ring (bicyclic) bond motifs is 1. The maximum atomic E-state index is 12.6. The fourth-order valence-corrected chi connectivity index (χ4v) is 3.11. The summed E-state index contributed by atoms with van der Waals surface area (Å²) in [5.41, 5.74) is 1.06. The van der Waals surface area contributed by atoms with Crippen molar-refractivity contribution >= 4 is 17.6 Å². The summed E-state index contributed by atoms with van der Waals surface area (Å²) in [6.45, 7) is 1.06. The molecule has 0 fully saturated rings. The summed E-state index contributed by atoms with van der Waals surface area (Å²) in [6, 6.07) is 10.9. The molecule has 0 bridgehead atoms. The Morgan fingerprint density at radius 1 is 1.26 bits per heavy atom. The number of likely N-dealkylation sites (N-methyl/N-ethyl adjacent to an activating group) is 1. The molecule has 0 aliphatic carbocycles. The summed E-state index contributed by atoms with van der Waals surface area (Å²) in [6.07, 6.45) is 3.62. The van der Waals surface area contributed by atoms with Crippen LogP contribution in [0.3, 0.4) is 0 Å². The van der Waals surface area contributed by atoms with Gasteiger partial charge in [-0.05, 0) is 12.0 Å². The van der Waals surface area contributed by atoms with Crippen LogP contribution < -0.4 is 10.2 Å². The number of anilines is 1. The van der Waals surface area contributed by atoms with Crippen molar-refractivity contribution < 1.29 is 9.59 Å². The number of carbonyl (C=O) groups excluding carboxylic acids is 2. The van der Waals surface area contributed by atoms with Gasteiger partial charge in [0.25, 0.3) is 11.8 Å². The van der Waals surface area contributed by atoms with Crippen molar-refractivity contribution in [2.45, 2.75) is 25.6 Å². The van der Waals surface area contributed by atoms with Crippen LogP contribution in [0.5, 0.6) is 0 Å². The van der Waals surface area contributed by atoms with Crippen LogP contribution in [0.2, 0.25) is 0 Å². The number of rotatable bonds is 4. The van der Waals surface area contributed by atoms with Gasteiger partial charge >= 0.3 is 0 Å². The van der Waals surface area contributed by atoms with Crippen molar-refractivity contribution in [1.29, 1.82) is 0 Å². The highest BCUT2D eigenvalue weighted by molar-refractivity contribution is 6.00. The first kappa shape index (κ1) is 17.0. The third-order valence-corrected chi connectivity index (χ3v) is 4.53. The molecule has 4 rings (SSSR count). The standard InChI is InChI=1S/C18H19N7O2/c1-23-15-7-9-20-25(15)10-8-14(18(23)27)21-17(26)16-19-12-24(22-16)11-13-5-3-2-4-6-13/h2-7,9,12,14H,8,10-11H2,1H3,(H,21,26). The zero-order valence-corrected chi connectivity index (χ0v) is 14.8. The van der Waals surface area contributed by atoms with Gasteiger partial charge in [-0.3, -0.25) is 14.5 Å². The van der Waals surface area contributed by atoms with Crippen LogP contribution in [-0.4, -0.2) is 49.4 Å². The van der Waals surface area contributed by atoms with Crippen molar-refractivity contribution in [2.24, 2.45) is 0 Å². The highest BCUT2D eigenvalue weighted by Gasteiger charge is 2.30. The maximum Gasteiger partial charge on any atom is 0.291 e. The van der Waals surface area contributed by atoms with Gasteiger partial charge in [-0.15, -0.1) is 5.10 Å². The summed E-state index contributed by atoms with van der Waals surface area (Å²) in [5, 5.41) is 11.2. The molecule has 9 heteroatoms. The van der Waals surface area contributed by atoms with E-state index in [1.54, 1.807) is 28.7 Å². The number of aryl methyl sites for hydroxylation is 1. The second-order valence-electron chi connectivity index (χ2n) is 6.38. The lowest BCUT2D eigenvalue weighted by molar-refractivity contribution is -0.120. The monoisotopic (exact) mass is 365 g/mol. The number of benzene rings is 1. The average Bonchev–Trinajstić information content (AvgIpc) is 3.32. The fraction of sp³-hybridized carbons (Fsp3) is 0.278. The van der Waals surface area contributed by atoms with Crippen LogP contribution in [-0.2, 0) is 17.9 Å². The predicted octanol–water partition coefficient (Wildman–Crippen LogP) is 0.688. The minimum absolute atomic E-state index is 0.0448. The van der Waals surface area contributed by atoms with Crippen LogP contribution in [0.1, 0.15) is 22.6 Å². The SMILES string of the molecule is CN1C(=O)C(NC(=O)c2ncn(Cc3ccccc3)n2)CCn2nccc21. The van der Waals surface area contributed by atoms with E-state index in [1.165, 1.54) is 11.2 Å². The lowest BCUT2D eigenvalue weighted by Gasteiger charge is -2.19. The van der Waals surface area contributed by atoms with Gasteiger partial charge in [0.2, 0.25) is 5.82 Å². The molecule has 1 aromatic carbocycles. The summed E-state index contributed by atoms with van der Waals surface area (Å²) < 4.78 is 3.35. The Kier molecular flexibility index (Phi) is 4.41. The quantitative estimate of drug-likeness (QED) is 0.733. The zero-order chi connectivity index (χ0) is 18.8. The molecular weight excluding hydrogens is 346 g/mol. The first-order valence-electron chi connectivity index (χ1n) is 8.65. The second kappa shape index (κ2) is 7.02. The molecule has 27 heavy (non-hydrogen) atoms. The summed E-state index contributed by atoms with van der Waals surface area (Å²) in [7, 11) is 1.67. The average molecular weight is 365 g/mol. The Bertz CT molecular complexity index is 963. The number of amides is 2. The van der Waals surface area contributed by atoms with Crippen LogP contribution in [0, 0.1) is 0 Å². The third kappa shape index (κ3) is 3.43. The van der Waals surface area contributed by atoms with Crippen molar-refractivity contribution in [1.82, 2.24) is 29.9 Å². The van der Waals surface area contributed by atoms with E-state index >= 15 is 0 Å². The molecule has 0 saturated carbocycles. The number of nitrogens with zero attached hydrogens (tertiary/aromatic N) is 6. The van der Waals surface area contributed by atoms with Crippen LogP contribution in [0.25, 0.3) is 0 Å². The molecule has 1 aliphatic heterocycles. The van der Waals surface area contributed by atoms with Crippen molar-refractivity contribution in [3.8, 4) is 0 Å². The van der Waals surface area contributed by atoms with E-state index < -0.39 is 11.9 Å². The molecule has 1 N–H and O–H groups in total. The highest BCUT2D eigenvalue weighted by Crippen LogP contribution is 2.18. The third-order valence-electron chi connectivity index (χ3n) is 4.53. The van der Waals surface area contributed by atoms with E-state index in [0.29, 0.717) is 25.3 Å². The van der Waals surface area contributed by atoms with Gasteiger partial charge in [-0.2, -0.15) is 5.10 Å². The van der Waals surface area contributed by atoms with E-state index in [2.05, 4.69) is 20.5 Å². The fourth-order valence-electron chi connectivity index (χ4n) is 3.11.